The Kier molecular flexibility index (Phi) is 3.94. The lowest BCUT2D eigenvalue weighted by atomic mass is 9.88. The Bertz CT molecular complexity index is 389. The summed E-state index contributed by atoms with van der Waals surface area (Å²) in [5.41, 5.74) is 0.404. The first-order valence-electron chi connectivity index (χ1n) is 5.95. The largest absolute Gasteiger partial charge is 0.489 e. The molecule has 90 valence electrons. The van der Waals surface area contributed by atoms with E-state index in [9.17, 15) is 0 Å². The average molecular weight is 232 g/mol. The van der Waals surface area contributed by atoms with Gasteiger partial charge in [-0.05, 0) is 43.7 Å². The zero-order chi connectivity index (χ0) is 12.1. The van der Waals surface area contributed by atoms with Gasteiger partial charge in [-0.1, -0.05) is 0 Å². The number of aliphatic hydroxyl groups is 1. The van der Waals surface area contributed by atoms with Crippen LogP contribution in [0.4, 0.5) is 0 Å². The van der Waals surface area contributed by atoms with Crippen LogP contribution in [-0.2, 0) is 0 Å². The van der Waals surface area contributed by atoms with Gasteiger partial charge < -0.3 is 9.84 Å². The Morgan fingerprint density at radius 1 is 1.35 bits per heavy atom. The van der Waals surface area contributed by atoms with Crippen LogP contribution in [0.3, 0.4) is 0 Å². The van der Waals surface area contributed by atoms with E-state index >= 15 is 0 Å². The number of hydrogen-bond donors (Lipinski definition) is 1. The van der Waals surface area contributed by atoms with Crippen LogP contribution in [0.25, 0.3) is 0 Å². The van der Waals surface area contributed by atoms with E-state index < -0.39 is 0 Å². The Balaban J connectivity index is 1.87. The lowest BCUT2D eigenvalue weighted by Gasteiger charge is -2.27. The predicted octanol–water partition coefficient (Wildman–Crippen LogP) is 1.88. The van der Waals surface area contributed by atoms with E-state index in [-0.39, 0.29) is 12.7 Å². The minimum atomic E-state index is 0.215. The smallest absolute Gasteiger partial charge is 0.140 e. The summed E-state index contributed by atoms with van der Waals surface area (Å²) < 4.78 is 5.79. The first-order valence-corrected chi connectivity index (χ1v) is 5.95. The number of pyridine rings is 1. The maximum absolute atomic E-state index is 9.04. The quantitative estimate of drug-likeness (QED) is 0.864. The summed E-state index contributed by atoms with van der Waals surface area (Å²) in [6, 6.07) is 5.42. The van der Waals surface area contributed by atoms with Crippen molar-refractivity contribution in [2.24, 2.45) is 5.92 Å². The molecule has 1 aromatic rings. The second kappa shape index (κ2) is 5.65. The minimum absolute atomic E-state index is 0.215. The van der Waals surface area contributed by atoms with Crippen molar-refractivity contribution in [3.8, 4) is 11.8 Å². The molecule has 1 fully saturated rings. The summed E-state index contributed by atoms with van der Waals surface area (Å²) in [7, 11) is 0. The molecule has 4 nitrogen and oxygen atoms in total. The molecular formula is C13H16N2O2. The lowest BCUT2D eigenvalue weighted by molar-refractivity contribution is 0.104. The summed E-state index contributed by atoms with van der Waals surface area (Å²) in [6.07, 6.45) is 5.80. The van der Waals surface area contributed by atoms with Crippen molar-refractivity contribution in [1.29, 1.82) is 5.26 Å². The number of ether oxygens (including phenoxy) is 1. The molecule has 1 aliphatic rings. The molecule has 2 rings (SSSR count). The van der Waals surface area contributed by atoms with Crippen molar-refractivity contribution < 1.29 is 9.84 Å². The molecule has 0 radical (unpaired) electrons. The lowest BCUT2D eigenvalue weighted by Crippen LogP contribution is -2.25. The molecule has 0 bridgehead atoms. The molecule has 4 heteroatoms. The summed E-state index contributed by atoms with van der Waals surface area (Å²) in [5.74, 6) is 1.16. The third-order valence-electron chi connectivity index (χ3n) is 3.21. The highest BCUT2D eigenvalue weighted by molar-refractivity contribution is 5.26. The highest BCUT2D eigenvalue weighted by Gasteiger charge is 2.21. The third kappa shape index (κ3) is 3.18. The molecule has 0 aliphatic heterocycles. The van der Waals surface area contributed by atoms with E-state index in [0.29, 0.717) is 11.6 Å². The van der Waals surface area contributed by atoms with E-state index in [4.69, 9.17) is 15.1 Å². The number of rotatable bonds is 3. The molecule has 0 aromatic carbocycles. The molecular weight excluding hydrogens is 216 g/mol. The average Bonchev–Trinajstić information content (AvgIpc) is 2.40. The van der Waals surface area contributed by atoms with Gasteiger partial charge in [0, 0.05) is 6.61 Å². The number of hydrogen-bond acceptors (Lipinski definition) is 4. The van der Waals surface area contributed by atoms with Gasteiger partial charge in [-0.3, -0.25) is 0 Å². The molecule has 1 saturated carbocycles. The van der Waals surface area contributed by atoms with E-state index in [1.54, 1.807) is 18.3 Å². The Labute approximate surface area is 101 Å². The van der Waals surface area contributed by atoms with Crippen LogP contribution >= 0.6 is 0 Å². The normalized spacial score (nSPS) is 24.0. The van der Waals surface area contributed by atoms with Crippen molar-refractivity contribution in [2.45, 2.75) is 31.8 Å². The molecule has 0 atom stereocenters. The van der Waals surface area contributed by atoms with Crippen LogP contribution in [-0.4, -0.2) is 22.8 Å². The van der Waals surface area contributed by atoms with Gasteiger partial charge in [-0.15, -0.1) is 0 Å². The molecule has 0 amide bonds. The summed E-state index contributed by atoms with van der Waals surface area (Å²) in [4.78, 5) is 3.97. The SMILES string of the molecule is N#Cc1ccc(OC2CCC(CO)CC2)cn1. The van der Waals surface area contributed by atoms with Crippen LogP contribution in [0, 0.1) is 17.2 Å². The highest BCUT2D eigenvalue weighted by Crippen LogP contribution is 2.27. The van der Waals surface area contributed by atoms with Gasteiger partial charge in [0.1, 0.15) is 17.5 Å². The minimum Gasteiger partial charge on any atom is -0.489 e. The van der Waals surface area contributed by atoms with Crippen molar-refractivity contribution in [1.82, 2.24) is 4.98 Å². The number of aliphatic hydroxyl groups excluding tert-OH is 1. The first kappa shape index (κ1) is 11.9. The third-order valence-corrected chi connectivity index (χ3v) is 3.21. The molecule has 17 heavy (non-hydrogen) atoms. The fourth-order valence-electron chi connectivity index (χ4n) is 2.14. The van der Waals surface area contributed by atoms with Gasteiger partial charge in [0.15, 0.2) is 0 Å². The summed E-state index contributed by atoms with van der Waals surface area (Å²) >= 11 is 0. The maximum atomic E-state index is 9.04. The second-order valence-corrected chi connectivity index (χ2v) is 4.43. The van der Waals surface area contributed by atoms with E-state index in [1.807, 2.05) is 6.07 Å². The van der Waals surface area contributed by atoms with Crippen LogP contribution in [0.2, 0.25) is 0 Å². The molecule has 1 heterocycles. The fraction of sp³-hybridized carbons (Fsp3) is 0.538. The van der Waals surface area contributed by atoms with Crippen LogP contribution in [0.5, 0.6) is 5.75 Å². The number of nitriles is 1. The standard InChI is InChI=1S/C13H16N2O2/c14-7-11-3-6-13(8-15-11)17-12-4-1-10(9-16)2-5-12/h3,6,8,10,12,16H,1-2,4-5,9H2. The summed E-state index contributed by atoms with van der Waals surface area (Å²) in [6.45, 7) is 0.283. The van der Waals surface area contributed by atoms with Crippen LogP contribution in [0.15, 0.2) is 18.3 Å². The Morgan fingerprint density at radius 3 is 2.65 bits per heavy atom. The van der Waals surface area contributed by atoms with E-state index in [1.165, 1.54) is 0 Å². The van der Waals surface area contributed by atoms with Crippen molar-refractivity contribution in [2.75, 3.05) is 6.61 Å². The zero-order valence-electron chi connectivity index (χ0n) is 9.67. The van der Waals surface area contributed by atoms with Gasteiger partial charge >= 0.3 is 0 Å². The van der Waals surface area contributed by atoms with Gasteiger partial charge in [0.25, 0.3) is 0 Å². The van der Waals surface area contributed by atoms with Crippen molar-refractivity contribution >= 4 is 0 Å². The molecule has 0 spiro atoms. The molecule has 1 aromatic heterocycles. The van der Waals surface area contributed by atoms with Crippen molar-refractivity contribution in [3.63, 3.8) is 0 Å². The highest BCUT2D eigenvalue weighted by atomic mass is 16.5. The Morgan fingerprint density at radius 2 is 2.12 bits per heavy atom. The van der Waals surface area contributed by atoms with Gasteiger partial charge in [0.05, 0.1) is 12.3 Å². The number of nitrogens with zero attached hydrogens (tertiary/aromatic N) is 2. The van der Waals surface area contributed by atoms with E-state index in [0.717, 1.165) is 31.4 Å². The first-order chi connectivity index (χ1) is 8.31. The molecule has 1 aliphatic carbocycles. The molecule has 0 saturated heterocycles. The van der Waals surface area contributed by atoms with Crippen LogP contribution in [0.1, 0.15) is 31.4 Å². The van der Waals surface area contributed by atoms with E-state index in [2.05, 4.69) is 4.98 Å². The van der Waals surface area contributed by atoms with Crippen LogP contribution < -0.4 is 4.74 Å². The van der Waals surface area contributed by atoms with Gasteiger partial charge in [-0.25, -0.2) is 4.98 Å². The molecule has 1 N–H and O–H groups in total. The fourth-order valence-corrected chi connectivity index (χ4v) is 2.14. The van der Waals surface area contributed by atoms with Crippen molar-refractivity contribution in [3.05, 3.63) is 24.0 Å². The zero-order valence-corrected chi connectivity index (χ0v) is 9.67. The van der Waals surface area contributed by atoms with Gasteiger partial charge in [0.2, 0.25) is 0 Å². The number of aromatic nitrogens is 1. The topological polar surface area (TPSA) is 66.1 Å². The maximum Gasteiger partial charge on any atom is 0.140 e. The summed E-state index contributed by atoms with van der Waals surface area (Å²) in [5, 5.41) is 17.7. The predicted molar refractivity (Wildman–Crippen MR) is 62.4 cm³/mol. The Hall–Kier alpha value is -1.60. The monoisotopic (exact) mass is 232 g/mol. The second-order valence-electron chi connectivity index (χ2n) is 4.43. The molecule has 0 unspecified atom stereocenters. The van der Waals surface area contributed by atoms with Gasteiger partial charge in [-0.2, -0.15) is 5.26 Å².